The molecule has 0 saturated heterocycles. The second kappa shape index (κ2) is 6.57. The minimum Gasteiger partial charge on any atom is -0.508 e. The lowest BCUT2D eigenvalue weighted by Gasteiger charge is -2.02. The van der Waals surface area contributed by atoms with Crippen molar-refractivity contribution >= 4 is 12.0 Å². The average Bonchev–Trinajstić information content (AvgIpc) is 2.47. The predicted molar refractivity (Wildman–Crippen MR) is 79.2 cm³/mol. The molecule has 0 saturated carbocycles. The van der Waals surface area contributed by atoms with Gasteiger partial charge in [-0.3, -0.25) is 0 Å². The number of esters is 1. The number of aromatic hydroxyl groups is 1. The molecular weight excluding hydrogens is 252 g/mol. The van der Waals surface area contributed by atoms with Crippen LogP contribution in [0.1, 0.15) is 12.5 Å². The van der Waals surface area contributed by atoms with E-state index in [4.69, 9.17) is 4.74 Å². The normalized spacial score (nSPS) is 10.7. The summed E-state index contributed by atoms with van der Waals surface area (Å²) in [5.74, 6) is -0.0853. The third-order valence-corrected chi connectivity index (χ3v) is 2.81. The second-order valence-corrected chi connectivity index (χ2v) is 4.25. The molecule has 0 spiro atoms. The topological polar surface area (TPSA) is 46.5 Å². The lowest BCUT2D eigenvalue weighted by molar-refractivity contribution is -0.137. The highest BCUT2D eigenvalue weighted by molar-refractivity contribution is 5.87. The Morgan fingerprint density at radius 1 is 1.05 bits per heavy atom. The van der Waals surface area contributed by atoms with Crippen LogP contribution in [0.4, 0.5) is 0 Å². The number of phenolic OH excluding ortho intramolecular Hbond substituents is 1. The van der Waals surface area contributed by atoms with Crippen molar-refractivity contribution in [2.75, 3.05) is 6.61 Å². The zero-order valence-electron chi connectivity index (χ0n) is 11.2. The van der Waals surface area contributed by atoms with Crippen molar-refractivity contribution in [3.05, 3.63) is 60.2 Å². The van der Waals surface area contributed by atoms with E-state index < -0.39 is 0 Å². The molecule has 0 amide bonds. The number of phenols is 1. The first-order valence-corrected chi connectivity index (χ1v) is 6.43. The molecule has 102 valence electrons. The van der Waals surface area contributed by atoms with Gasteiger partial charge in [-0.05, 0) is 41.8 Å². The molecule has 2 rings (SSSR count). The quantitative estimate of drug-likeness (QED) is 0.680. The molecule has 3 heteroatoms. The van der Waals surface area contributed by atoms with Crippen LogP contribution in [0, 0.1) is 0 Å². The van der Waals surface area contributed by atoms with Crippen LogP contribution in [0.25, 0.3) is 17.2 Å². The molecule has 0 aliphatic heterocycles. The van der Waals surface area contributed by atoms with Gasteiger partial charge in [0, 0.05) is 6.08 Å². The zero-order valence-corrected chi connectivity index (χ0v) is 11.2. The molecule has 0 aromatic heterocycles. The molecule has 0 atom stereocenters. The number of carbonyl (C=O) groups is 1. The highest BCUT2D eigenvalue weighted by Gasteiger charge is 1.98. The Labute approximate surface area is 118 Å². The van der Waals surface area contributed by atoms with Gasteiger partial charge in [0.1, 0.15) is 5.75 Å². The number of rotatable bonds is 4. The Morgan fingerprint density at radius 3 is 2.15 bits per heavy atom. The summed E-state index contributed by atoms with van der Waals surface area (Å²) in [6.07, 6.45) is 3.14. The van der Waals surface area contributed by atoms with E-state index in [9.17, 15) is 9.90 Å². The maximum absolute atomic E-state index is 11.2. The van der Waals surface area contributed by atoms with Crippen molar-refractivity contribution in [3.63, 3.8) is 0 Å². The second-order valence-electron chi connectivity index (χ2n) is 4.25. The summed E-state index contributed by atoms with van der Waals surface area (Å²) in [4.78, 5) is 11.2. The standard InChI is InChI=1S/C17H16O3/c1-2-20-17(19)12-5-13-3-6-14(7-4-13)15-8-10-16(18)11-9-15/h3-12,18H,2H2,1H3. The third-order valence-electron chi connectivity index (χ3n) is 2.81. The lowest BCUT2D eigenvalue weighted by atomic mass is 10.0. The van der Waals surface area contributed by atoms with Crippen molar-refractivity contribution in [3.8, 4) is 16.9 Å². The SMILES string of the molecule is CCOC(=O)C=Cc1ccc(-c2ccc(O)cc2)cc1. The number of carbonyl (C=O) groups excluding carboxylic acids is 1. The Hall–Kier alpha value is -2.55. The van der Waals surface area contributed by atoms with Gasteiger partial charge in [0.2, 0.25) is 0 Å². The van der Waals surface area contributed by atoms with Gasteiger partial charge in [0.05, 0.1) is 6.61 Å². The maximum atomic E-state index is 11.2. The van der Waals surface area contributed by atoms with Crippen molar-refractivity contribution in [2.24, 2.45) is 0 Å². The van der Waals surface area contributed by atoms with Gasteiger partial charge in [0.15, 0.2) is 0 Å². The monoisotopic (exact) mass is 268 g/mol. The van der Waals surface area contributed by atoms with Gasteiger partial charge in [-0.2, -0.15) is 0 Å². The fourth-order valence-corrected chi connectivity index (χ4v) is 1.80. The Morgan fingerprint density at radius 2 is 1.60 bits per heavy atom. The summed E-state index contributed by atoms with van der Waals surface area (Å²) >= 11 is 0. The Balaban J connectivity index is 2.10. The van der Waals surface area contributed by atoms with E-state index in [1.807, 2.05) is 36.4 Å². The summed E-state index contributed by atoms with van der Waals surface area (Å²) in [5, 5.41) is 9.26. The molecule has 0 aliphatic carbocycles. The summed E-state index contributed by atoms with van der Waals surface area (Å²) in [6, 6.07) is 14.8. The predicted octanol–water partition coefficient (Wildman–Crippen LogP) is 3.64. The van der Waals surface area contributed by atoms with Crippen LogP contribution >= 0.6 is 0 Å². The molecular formula is C17H16O3. The van der Waals surface area contributed by atoms with Crippen molar-refractivity contribution in [1.82, 2.24) is 0 Å². The highest BCUT2D eigenvalue weighted by Crippen LogP contribution is 2.22. The molecule has 0 radical (unpaired) electrons. The summed E-state index contributed by atoms with van der Waals surface area (Å²) in [5.41, 5.74) is 3.02. The lowest BCUT2D eigenvalue weighted by Crippen LogP contribution is -1.98. The van der Waals surface area contributed by atoms with Crippen LogP contribution in [0.2, 0.25) is 0 Å². The number of ether oxygens (including phenoxy) is 1. The molecule has 0 bridgehead atoms. The van der Waals surface area contributed by atoms with Gasteiger partial charge >= 0.3 is 5.97 Å². The van der Waals surface area contributed by atoms with Gasteiger partial charge in [0.25, 0.3) is 0 Å². The number of hydrogen-bond acceptors (Lipinski definition) is 3. The van der Waals surface area contributed by atoms with E-state index in [0.29, 0.717) is 6.61 Å². The Kier molecular flexibility index (Phi) is 4.56. The summed E-state index contributed by atoms with van der Waals surface area (Å²) < 4.78 is 4.82. The van der Waals surface area contributed by atoms with Crippen molar-refractivity contribution < 1.29 is 14.6 Å². The summed E-state index contributed by atoms with van der Waals surface area (Å²) in [6.45, 7) is 2.15. The van der Waals surface area contributed by atoms with Crippen LogP contribution in [-0.4, -0.2) is 17.7 Å². The molecule has 20 heavy (non-hydrogen) atoms. The molecule has 2 aromatic rings. The van der Waals surface area contributed by atoms with E-state index in [-0.39, 0.29) is 11.7 Å². The van der Waals surface area contributed by atoms with Crippen molar-refractivity contribution in [1.29, 1.82) is 0 Å². The van der Waals surface area contributed by atoms with Crippen LogP contribution in [0.15, 0.2) is 54.6 Å². The Bertz CT molecular complexity index is 595. The van der Waals surface area contributed by atoms with Crippen LogP contribution in [-0.2, 0) is 9.53 Å². The molecule has 2 aromatic carbocycles. The van der Waals surface area contributed by atoms with Gasteiger partial charge in [-0.1, -0.05) is 36.4 Å². The van der Waals surface area contributed by atoms with Gasteiger partial charge < -0.3 is 9.84 Å². The van der Waals surface area contributed by atoms with E-state index in [1.54, 1.807) is 25.1 Å². The molecule has 0 aliphatic rings. The van der Waals surface area contributed by atoms with Crippen molar-refractivity contribution in [2.45, 2.75) is 6.92 Å². The fourth-order valence-electron chi connectivity index (χ4n) is 1.80. The van der Waals surface area contributed by atoms with Gasteiger partial charge in [-0.15, -0.1) is 0 Å². The van der Waals surface area contributed by atoms with Crippen LogP contribution < -0.4 is 0 Å². The largest absolute Gasteiger partial charge is 0.508 e. The minimum atomic E-state index is -0.338. The van der Waals surface area contributed by atoms with Gasteiger partial charge in [-0.25, -0.2) is 4.79 Å². The van der Waals surface area contributed by atoms with E-state index in [0.717, 1.165) is 16.7 Å². The van der Waals surface area contributed by atoms with Crippen LogP contribution in [0.3, 0.4) is 0 Å². The minimum absolute atomic E-state index is 0.253. The first-order chi connectivity index (χ1) is 9.69. The molecule has 0 fully saturated rings. The fraction of sp³-hybridized carbons (Fsp3) is 0.118. The zero-order chi connectivity index (χ0) is 14.4. The number of benzene rings is 2. The summed E-state index contributed by atoms with van der Waals surface area (Å²) in [7, 11) is 0. The average molecular weight is 268 g/mol. The highest BCUT2D eigenvalue weighted by atomic mass is 16.5. The third kappa shape index (κ3) is 3.72. The number of hydrogen-bond donors (Lipinski definition) is 1. The first kappa shape index (κ1) is 13.9. The van der Waals surface area contributed by atoms with E-state index in [1.165, 1.54) is 6.08 Å². The van der Waals surface area contributed by atoms with E-state index >= 15 is 0 Å². The maximum Gasteiger partial charge on any atom is 0.330 e. The first-order valence-electron chi connectivity index (χ1n) is 6.43. The molecule has 0 unspecified atom stereocenters. The van der Waals surface area contributed by atoms with Crippen LogP contribution in [0.5, 0.6) is 5.75 Å². The van der Waals surface area contributed by atoms with E-state index in [2.05, 4.69) is 0 Å². The molecule has 3 nitrogen and oxygen atoms in total. The molecule has 0 heterocycles. The smallest absolute Gasteiger partial charge is 0.330 e. The molecule has 1 N–H and O–H groups in total.